The number of carbonyl (C=O) groups excluding carboxylic acids is 1. The first-order chi connectivity index (χ1) is 9.44. The maximum absolute atomic E-state index is 12.1. The molecule has 6 heteroatoms. The highest BCUT2D eigenvalue weighted by atomic mass is 79.9. The van der Waals surface area contributed by atoms with Gasteiger partial charge in [-0.3, -0.25) is 9.59 Å². The molecule has 1 amide bonds. The van der Waals surface area contributed by atoms with Gasteiger partial charge in [-0.25, -0.2) is 0 Å². The van der Waals surface area contributed by atoms with Gasteiger partial charge in [-0.2, -0.15) is 0 Å². The molecule has 1 aliphatic carbocycles. The van der Waals surface area contributed by atoms with Crippen molar-refractivity contribution in [2.45, 2.75) is 38.8 Å². The number of carbonyl (C=O) groups is 1. The topological polar surface area (TPSA) is 71.3 Å². The van der Waals surface area contributed by atoms with Crippen LogP contribution in [0, 0.1) is 5.41 Å². The molecule has 0 saturated heterocycles. The van der Waals surface area contributed by atoms with Gasteiger partial charge in [-0.05, 0) is 34.8 Å². The number of pyridine rings is 1. The molecule has 2 atom stereocenters. The summed E-state index contributed by atoms with van der Waals surface area (Å²) in [5.74, 6) is -0.197. The molecule has 5 nitrogen and oxygen atoms in total. The second-order valence-electron chi connectivity index (χ2n) is 5.64. The zero-order valence-electron chi connectivity index (χ0n) is 11.4. The van der Waals surface area contributed by atoms with Crippen molar-refractivity contribution < 1.29 is 9.90 Å². The summed E-state index contributed by atoms with van der Waals surface area (Å²) >= 11 is 3.28. The van der Waals surface area contributed by atoms with Crippen molar-refractivity contribution >= 4 is 21.8 Å². The number of hydrogen-bond acceptors (Lipinski definition) is 3. The van der Waals surface area contributed by atoms with Crippen molar-refractivity contribution in [3.8, 4) is 0 Å². The van der Waals surface area contributed by atoms with E-state index in [4.69, 9.17) is 0 Å². The number of aromatic nitrogens is 1. The first-order valence-electron chi connectivity index (χ1n) is 6.71. The van der Waals surface area contributed by atoms with E-state index in [1.54, 1.807) is 12.3 Å². The molecule has 0 aliphatic heterocycles. The van der Waals surface area contributed by atoms with Gasteiger partial charge in [0.1, 0.15) is 6.54 Å². The number of amides is 1. The fourth-order valence-corrected chi connectivity index (χ4v) is 3.07. The molecule has 1 heterocycles. The molecular weight excluding hydrogens is 324 g/mol. The molecule has 1 saturated carbocycles. The zero-order chi connectivity index (χ0) is 14.8. The molecule has 2 rings (SSSR count). The Morgan fingerprint density at radius 1 is 1.60 bits per heavy atom. The van der Waals surface area contributed by atoms with Crippen LogP contribution in [0.15, 0.2) is 27.6 Å². The average molecular weight is 343 g/mol. The molecule has 2 N–H and O–H groups in total. The molecular formula is C14H19BrN2O3. The summed E-state index contributed by atoms with van der Waals surface area (Å²) in [7, 11) is 0. The van der Waals surface area contributed by atoms with E-state index in [9.17, 15) is 14.7 Å². The van der Waals surface area contributed by atoms with Gasteiger partial charge in [0.05, 0.1) is 6.61 Å². The highest BCUT2D eigenvalue weighted by molar-refractivity contribution is 9.10. The Kier molecular flexibility index (Phi) is 4.65. The third-order valence-electron chi connectivity index (χ3n) is 4.04. The third kappa shape index (κ3) is 3.30. The molecule has 110 valence electrons. The minimum atomic E-state index is -0.252. The van der Waals surface area contributed by atoms with E-state index in [1.165, 1.54) is 10.6 Å². The van der Waals surface area contributed by atoms with Crippen LogP contribution in [0.2, 0.25) is 0 Å². The Hall–Kier alpha value is -1.14. The largest absolute Gasteiger partial charge is 0.396 e. The second-order valence-corrected chi connectivity index (χ2v) is 6.55. The predicted octanol–water partition coefficient (Wildman–Crippen LogP) is 1.28. The SMILES string of the molecule is CC1(CO)CCCC1NC(=O)Cn1cc(Br)ccc1=O. The molecule has 0 spiro atoms. The number of aliphatic hydroxyl groups is 1. The summed E-state index contributed by atoms with van der Waals surface area (Å²) in [6, 6.07) is 3.05. The predicted molar refractivity (Wildman–Crippen MR) is 79.4 cm³/mol. The van der Waals surface area contributed by atoms with Crippen LogP contribution >= 0.6 is 15.9 Å². The molecule has 1 fully saturated rings. The summed E-state index contributed by atoms with van der Waals surface area (Å²) in [5.41, 5.74) is -0.461. The zero-order valence-corrected chi connectivity index (χ0v) is 13.0. The maximum atomic E-state index is 12.1. The van der Waals surface area contributed by atoms with Crippen molar-refractivity contribution in [2.24, 2.45) is 5.41 Å². The molecule has 1 aromatic heterocycles. The van der Waals surface area contributed by atoms with E-state index in [0.29, 0.717) is 0 Å². The van der Waals surface area contributed by atoms with Gasteiger partial charge in [0.15, 0.2) is 0 Å². The van der Waals surface area contributed by atoms with Gasteiger partial charge in [-0.15, -0.1) is 0 Å². The lowest BCUT2D eigenvalue weighted by molar-refractivity contribution is -0.123. The number of rotatable bonds is 4. The molecule has 20 heavy (non-hydrogen) atoms. The highest BCUT2D eigenvalue weighted by Gasteiger charge is 2.38. The molecule has 1 aromatic rings. The van der Waals surface area contributed by atoms with Crippen molar-refractivity contribution in [2.75, 3.05) is 6.61 Å². The van der Waals surface area contributed by atoms with Crippen LogP contribution in [0.25, 0.3) is 0 Å². The minimum Gasteiger partial charge on any atom is -0.396 e. The third-order valence-corrected chi connectivity index (χ3v) is 4.51. The van der Waals surface area contributed by atoms with Gasteiger partial charge in [0.2, 0.25) is 5.91 Å². The Bertz CT molecular complexity index is 558. The monoisotopic (exact) mass is 342 g/mol. The first kappa shape index (κ1) is 15.3. The van der Waals surface area contributed by atoms with Crippen LogP contribution in [0.4, 0.5) is 0 Å². The van der Waals surface area contributed by atoms with Crippen LogP contribution < -0.4 is 10.9 Å². The highest BCUT2D eigenvalue weighted by Crippen LogP contribution is 2.37. The number of aliphatic hydroxyl groups excluding tert-OH is 1. The van der Waals surface area contributed by atoms with E-state index in [2.05, 4.69) is 21.2 Å². The number of hydrogen-bond donors (Lipinski definition) is 2. The lowest BCUT2D eigenvalue weighted by Crippen LogP contribution is -2.46. The van der Waals surface area contributed by atoms with E-state index in [0.717, 1.165) is 23.7 Å². The molecule has 0 aromatic carbocycles. The van der Waals surface area contributed by atoms with Gasteiger partial charge in [-0.1, -0.05) is 13.3 Å². The minimum absolute atomic E-state index is 0.00369. The molecule has 0 radical (unpaired) electrons. The van der Waals surface area contributed by atoms with Gasteiger partial charge in [0, 0.05) is 28.2 Å². The average Bonchev–Trinajstić information content (AvgIpc) is 2.76. The van der Waals surface area contributed by atoms with Gasteiger partial charge < -0.3 is 15.0 Å². The van der Waals surface area contributed by atoms with E-state index in [1.807, 2.05) is 6.92 Å². The Morgan fingerprint density at radius 2 is 2.35 bits per heavy atom. The van der Waals surface area contributed by atoms with Crippen molar-refractivity contribution in [3.63, 3.8) is 0 Å². The van der Waals surface area contributed by atoms with Crippen molar-refractivity contribution in [1.82, 2.24) is 9.88 Å². The molecule has 1 aliphatic rings. The lowest BCUT2D eigenvalue weighted by atomic mass is 9.86. The van der Waals surface area contributed by atoms with E-state index < -0.39 is 0 Å². The summed E-state index contributed by atoms with van der Waals surface area (Å²) in [6.45, 7) is 2.04. The summed E-state index contributed by atoms with van der Waals surface area (Å²) < 4.78 is 2.12. The van der Waals surface area contributed by atoms with Crippen LogP contribution in [0.5, 0.6) is 0 Å². The fourth-order valence-electron chi connectivity index (χ4n) is 2.69. The fraction of sp³-hybridized carbons (Fsp3) is 0.571. The van der Waals surface area contributed by atoms with Gasteiger partial charge in [0.25, 0.3) is 5.56 Å². The normalized spacial score (nSPS) is 25.6. The summed E-state index contributed by atoms with van der Waals surface area (Å²) in [5, 5.41) is 12.4. The molecule has 0 bridgehead atoms. The first-order valence-corrected chi connectivity index (χ1v) is 7.50. The Labute approximate surface area is 126 Å². The van der Waals surface area contributed by atoms with E-state index >= 15 is 0 Å². The lowest BCUT2D eigenvalue weighted by Gasteiger charge is -2.30. The summed E-state index contributed by atoms with van der Waals surface area (Å²) in [4.78, 5) is 23.7. The summed E-state index contributed by atoms with van der Waals surface area (Å²) in [6.07, 6.45) is 4.38. The Morgan fingerprint density at radius 3 is 3.05 bits per heavy atom. The number of halogens is 1. The number of nitrogens with one attached hydrogen (secondary N) is 1. The second kappa shape index (κ2) is 6.10. The molecule has 2 unspecified atom stereocenters. The standard InChI is InChI=1S/C14H19BrN2O3/c1-14(9-18)6-2-3-11(14)16-12(19)8-17-7-10(15)4-5-13(17)20/h4-5,7,11,18H,2-3,6,8-9H2,1H3,(H,16,19). The van der Waals surface area contributed by atoms with Crippen LogP contribution in [0.3, 0.4) is 0 Å². The van der Waals surface area contributed by atoms with Crippen molar-refractivity contribution in [1.29, 1.82) is 0 Å². The van der Waals surface area contributed by atoms with Crippen molar-refractivity contribution in [3.05, 3.63) is 33.2 Å². The van der Waals surface area contributed by atoms with Crippen LogP contribution in [0.1, 0.15) is 26.2 Å². The van der Waals surface area contributed by atoms with E-state index in [-0.39, 0.29) is 36.1 Å². The van der Waals surface area contributed by atoms with Gasteiger partial charge >= 0.3 is 0 Å². The Balaban J connectivity index is 2.03. The van der Waals surface area contributed by atoms with Crippen LogP contribution in [-0.2, 0) is 11.3 Å². The smallest absolute Gasteiger partial charge is 0.251 e. The quantitative estimate of drug-likeness (QED) is 0.865. The van der Waals surface area contributed by atoms with Crippen LogP contribution in [-0.4, -0.2) is 28.2 Å². The maximum Gasteiger partial charge on any atom is 0.251 e. The number of nitrogens with zero attached hydrogens (tertiary/aromatic N) is 1.